The Morgan fingerprint density at radius 1 is 0.538 bits per heavy atom. The highest BCUT2D eigenvalue weighted by molar-refractivity contribution is 7.80. The Kier molecular flexibility index (Phi) is 23.9. The van der Waals surface area contributed by atoms with Crippen LogP contribution in [-0.2, 0) is 28.8 Å². The normalized spacial score (nSPS) is 10.5. The van der Waals surface area contributed by atoms with Crippen molar-refractivity contribution in [2.24, 2.45) is 0 Å². The summed E-state index contributed by atoms with van der Waals surface area (Å²) in [6.45, 7) is 4.56. The van der Waals surface area contributed by atoms with Crippen LogP contribution in [0, 0.1) is 0 Å². The molecule has 0 saturated heterocycles. The van der Waals surface area contributed by atoms with Crippen LogP contribution in [0.2, 0.25) is 0 Å². The minimum Gasteiger partial charge on any atom is -0.362 e. The number of carbonyl (C=O) groups excluding carboxylic acids is 6. The van der Waals surface area contributed by atoms with E-state index in [1.807, 2.05) is 0 Å². The van der Waals surface area contributed by atoms with Crippen molar-refractivity contribution in [2.45, 2.75) is 97.3 Å². The number of anilines is 2. The van der Waals surface area contributed by atoms with Crippen LogP contribution in [0.3, 0.4) is 0 Å². The molecule has 6 amide bonds. The van der Waals surface area contributed by atoms with E-state index in [0.29, 0.717) is 90.6 Å². The average molecular weight is 753 g/mol. The number of amides is 6. The van der Waals surface area contributed by atoms with Gasteiger partial charge in [-0.05, 0) is 94.3 Å². The van der Waals surface area contributed by atoms with Gasteiger partial charge in [-0.1, -0.05) is 0 Å². The van der Waals surface area contributed by atoms with Gasteiger partial charge in [-0.2, -0.15) is 0 Å². The fraction of sp³-hybridized carbons (Fsp3) is 0.618. The predicted octanol–water partition coefficient (Wildman–Crippen LogP) is 2.91. The molecule has 18 heteroatoms. The number of thiocarbonyl (C=S) groups is 1. The zero-order valence-corrected chi connectivity index (χ0v) is 31.1. The summed E-state index contributed by atoms with van der Waals surface area (Å²) in [7, 11) is 0. The first-order chi connectivity index (χ1) is 24.8. The first kappa shape index (κ1) is 45.6. The second-order valence-electron chi connectivity index (χ2n) is 12.2. The van der Waals surface area contributed by atoms with Gasteiger partial charge in [-0.15, -0.1) is 0 Å². The van der Waals surface area contributed by atoms with E-state index in [1.54, 1.807) is 24.3 Å². The van der Waals surface area contributed by atoms with E-state index < -0.39 is 17.7 Å². The second kappa shape index (κ2) is 27.3. The minimum atomic E-state index is -0.562. The molecule has 0 unspecified atom stereocenters. The van der Waals surface area contributed by atoms with E-state index in [2.05, 4.69) is 26.6 Å². The number of nitrogens with zero attached hydrogens (tertiary/aromatic N) is 3. The average Bonchev–Trinajstić information content (AvgIpc) is 3.10. The van der Waals surface area contributed by atoms with Gasteiger partial charge in [0.25, 0.3) is 0 Å². The molecule has 0 spiro atoms. The molecular formula is C34H56N8O9S. The number of unbranched alkanes of at least 4 members (excludes halogenated alkanes) is 6. The van der Waals surface area contributed by atoms with E-state index in [4.69, 9.17) is 12.2 Å². The Bertz CT molecular complexity index is 1290. The lowest BCUT2D eigenvalue weighted by atomic mass is 10.2. The molecule has 0 aliphatic carbocycles. The van der Waals surface area contributed by atoms with Gasteiger partial charge in [0.2, 0.25) is 35.4 Å². The highest BCUT2D eigenvalue weighted by Crippen LogP contribution is 2.13. The number of hydroxylamine groups is 6. The van der Waals surface area contributed by atoms with Gasteiger partial charge in [0, 0.05) is 90.2 Å². The maximum Gasteiger partial charge on any atom is 0.246 e. The zero-order valence-electron chi connectivity index (χ0n) is 30.3. The number of benzene rings is 1. The summed E-state index contributed by atoms with van der Waals surface area (Å²) in [5, 5.41) is 45.8. The zero-order chi connectivity index (χ0) is 38.7. The third-order valence-electron chi connectivity index (χ3n) is 7.60. The van der Waals surface area contributed by atoms with Crippen LogP contribution in [0.4, 0.5) is 11.4 Å². The van der Waals surface area contributed by atoms with Crippen molar-refractivity contribution in [3.05, 3.63) is 24.3 Å². The van der Waals surface area contributed by atoms with E-state index in [0.717, 1.165) is 18.5 Å². The van der Waals surface area contributed by atoms with Crippen molar-refractivity contribution in [1.82, 2.24) is 31.1 Å². The fourth-order valence-electron chi connectivity index (χ4n) is 4.65. The Morgan fingerprint density at radius 2 is 0.923 bits per heavy atom. The van der Waals surface area contributed by atoms with Gasteiger partial charge < -0.3 is 26.6 Å². The van der Waals surface area contributed by atoms with Gasteiger partial charge in [0.15, 0.2) is 5.11 Å². The van der Waals surface area contributed by atoms with Crippen LogP contribution >= 0.6 is 12.2 Å². The molecule has 0 aliphatic heterocycles. The Balaban J connectivity index is 2.02. The molecule has 0 aromatic heterocycles. The molecule has 0 heterocycles. The summed E-state index contributed by atoms with van der Waals surface area (Å²) in [4.78, 5) is 70.3. The molecule has 0 fully saturated rings. The fourth-order valence-corrected chi connectivity index (χ4v) is 4.87. The van der Waals surface area contributed by atoms with Crippen molar-refractivity contribution in [3.63, 3.8) is 0 Å². The summed E-state index contributed by atoms with van der Waals surface area (Å²) in [5.74, 6) is -2.29. The highest BCUT2D eigenvalue weighted by atomic mass is 32.1. The topological polar surface area (TPSA) is 233 Å². The largest absolute Gasteiger partial charge is 0.362 e. The summed E-state index contributed by atoms with van der Waals surface area (Å²) >= 11 is 5.28. The van der Waals surface area contributed by atoms with Crippen molar-refractivity contribution in [2.75, 3.05) is 49.9 Å². The molecule has 8 N–H and O–H groups in total. The third-order valence-corrected chi connectivity index (χ3v) is 7.85. The first-order valence-corrected chi connectivity index (χ1v) is 18.1. The maximum absolute atomic E-state index is 12.2. The number of hydrogen-bond donors (Lipinski definition) is 8. The van der Waals surface area contributed by atoms with Gasteiger partial charge >= 0.3 is 0 Å². The summed E-state index contributed by atoms with van der Waals surface area (Å²) in [5.41, 5.74) is 1.46. The second-order valence-corrected chi connectivity index (χ2v) is 12.6. The number of hydrogen-bond acceptors (Lipinski definition) is 10. The van der Waals surface area contributed by atoms with Crippen LogP contribution in [-0.4, -0.2) is 111 Å². The number of nitrogens with one attached hydrogen (secondary N) is 5. The van der Waals surface area contributed by atoms with Gasteiger partial charge in [0.05, 0.1) is 0 Å². The summed E-state index contributed by atoms with van der Waals surface area (Å²) in [6, 6.07) is 7.12. The lowest BCUT2D eigenvalue weighted by molar-refractivity contribution is -0.166. The quantitative estimate of drug-likeness (QED) is 0.0296. The first-order valence-electron chi connectivity index (χ1n) is 17.7. The molecule has 1 aromatic carbocycles. The molecule has 0 saturated carbocycles. The van der Waals surface area contributed by atoms with E-state index in [9.17, 15) is 44.4 Å². The van der Waals surface area contributed by atoms with Crippen molar-refractivity contribution >= 4 is 64.1 Å². The molecule has 52 heavy (non-hydrogen) atoms. The van der Waals surface area contributed by atoms with Crippen molar-refractivity contribution in [3.8, 4) is 0 Å². The smallest absolute Gasteiger partial charge is 0.246 e. The van der Waals surface area contributed by atoms with Crippen molar-refractivity contribution in [1.29, 1.82) is 0 Å². The molecule has 0 atom stereocenters. The van der Waals surface area contributed by atoms with Crippen LogP contribution in [0.25, 0.3) is 0 Å². The molecule has 0 bridgehead atoms. The van der Waals surface area contributed by atoms with Crippen LogP contribution in [0.5, 0.6) is 0 Å². The monoisotopic (exact) mass is 752 g/mol. The molecule has 1 aromatic rings. The highest BCUT2D eigenvalue weighted by Gasteiger charge is 2.14. The van der Waals surface area contributed by atoms with Crippen LogP contribution in [0.1, 0.15) is 97.3 Å². The Hall–Kier alpha value is -4.39. The standard InChI is InChI=1S/C34H56N8O9S/c1-26(43)38-28-12-14-29(15-13-28)39-34(52)37-22-8-5-11-25-42(51)33(48)19-17-31(46)36-21-7-4-10-24-41(50)32(47)18-16-30(45)35-20-6-3-9-23-40(49)27(2)44/h12-15,49-51H,3-11,16-25H2,1-2H3,(H,35,45)(H,36,46)(H,38,43)(H2,37,39,52). The Labute approximate surface area is 310 Å². The predicted molar refractivity (Wildman–Crippen MR) is 197 cm³/mol. The Morgan fingerprint density at radius 3 is 1.33 bits per heavy atom. The van der Waals surface area contributed by atoms with Crippen molar-refractivity contribution < 1.29 is 44.4 Å². The van der Waals surface area contributed by atoms with Gasteiger partial charge in [-0.25, -0.2) is 15.2 Å². The van der Waals surface area contributed by atoms with E-state index in [1.165, 1.54) is 13.8 Å². The van der Waals surface area contributed by atoms with E-state index in [-0.39, 0.29) is 63.0 Å². The van der Waals surface area contributed by atoms with Gasteiger partial charge in [0.1, 0.15) is 0 Å². The maximum atomic E-state index is 12.2. The molecule has 17 nitrogen and oxygen atoms in total. The third kappa shape index (κ3) is 23.2. The molecule has 0 radical (unpaired) electrons. The molecular weight excluding hydrogens is 696 g/mol. The summed E-state index contributed by atoms with van der Waals surface area (Å²) in [6.07, 6.45) is 5.40. The SMILES string of the molecule is CC(=O)Nc1ccc(NC(=S)NCCCCCN(O)C(=O)CCC(=O)NCCCCCN(O)C(=O)CCC(=O)NCCCCCN(O)C(C)=O)cc1. The lowest BCUT2D eigenvalue weighted by Crippen LogP contribution is -2.31. The summed E-state index contributed by atoms with van der Waals surface area (Å²) < 4.78 is 0. The number of rotatable bonds is 26. The van der Waals surface area contributed by atoms with Crippen LogP contribution < -0.4 is 26.6 Å². The molecule has 1 rings (SSSR count). The van der Waals surface area contributed by atoms with E-state index >= 15 is 0 Å². The van der Waals surface area contributed by atoms with Gasteiger partial charge in [-0.3, -0.25) is 44.4 Å². The molecule has 0 aliphatic rings. The molecule has 292 valence electrons. The number of carbonyl (C=O) groups is 6. The lowest BCUT2D eigenvalue weighted by Gasteiger charge is -2.15. The van der Waals surface area contributed by atoms with Crippen LogP contribution in [0.15, 0.2) is 24.3 Å². The minimum absolute atomic E-state index is 0.0548.